The lowest BCUT2D eigenvalue weighted by atomic mass is 10.0. The summed E-state index contributed by atoms with van der Waals surface area (Å²) in [6.07, 6.45) is 14.8. The fraction of sp³-hybridized carbons (Fsp3) is 0.500. The van der Waals surface area contributed by atoms with E-state index in [2.05, 4.69) is 63.4 Å². The van der Waals surface area contributed by atoms with Gasteiger partial charge in [0.25, 0.3) is 0 Å². The summed E-state index contributed by atoms with van der Waals surface area (Å²) in [6, 6.07) is 8.12. The molecule has 0 radical (unpaired) electrons. The topological polar surface area (TPSA) is 21.3 Å². The normalized spacial score (nSPS) is 13.0. The number of anilines is 1. The van der Waals surface area contributed by atoms with Gasteiger partial charge >= 0.3 is 0 Å². The molecule has 0 unspecified atom stereocenters. The van der Waals surface area contributed by atoms with Crippen molar-refractivity contribution >= 4 is 5.69 Å². The molecule has 0 bridgehead atoms. The van der Waals surface area contributed by atoms with Crippen molar-refractivity contribution in [2.24, 2.45) is 0 Å². The first-order valence-corrected chi connectivity index (χ1v) is 10.1. The highest BCUT2D eigenvalue weighted by Crippen LogP contribution is 2.19. The van der Waals surface area contributed by atoms with Gasteiger partial charge in [-0.25, -0.2) is 0 Å². The molecule has 26 heavy (non-hydrogen) atoms. The SMILES string of the molecule is CCC/C(=C\CC/C=C/C/C(CC)=C(\C)CC)Nc1ccc(OC)cc1. The van der Waals surface area contributed by atoms with Crippen molar-refractivity contribution in [1.82, 2.24) is 0 Å². The number of rotatable bonds is 12. The summed E-state index contributed by atoms with van der Waals surface area (Å²) >= 11 is 0. The molecule has 0 aromatic heterocycles. The van der Waals surface area contributed by atoms with Gasteiger partial charge in [0, 0.05) is 11.4 Å². The Morgan fingerprint density at radius 2 is 1.73 bits per heavy atom. The molecule has 0 saturated heterocycles. The number of ether oxygens (including phenoxy) is 1. The van der Waals surface area contributed by atoms with E-state index in [4.69, 9.17) is 4.74 Å². The van der Waals surface area contributed by atoms with E-state index in [-0.39, 0.29) is 0 Å². The van der Waals surface area contributed by atoms with Crippen LogP contribution in [0.4, 0.5) is 5.69 Å². The minimum atomic E-state index is 0.889. The van der Waals surface area contributed by atoms with Crippen LogP contribution in [0.25, 0.3) is 0 Å². The molecule has 0 atom stereocenters. The summed E-state index contributed by atoms with van der Waals surface area (Å²) in [6.45, 7) is 8.98. The van der Waals surface area contributed by atoms with Crippen LogP contribution in [-0.2, 0) is 0 Å². The zero-order valence-electron chi connectivity index (χ0n) is 17.4. The lowest BCUT2D eigenvalue weighted by molar-refractivity contribution is 0.415. The van der Waals surface area contributed by atoms with E-state index in [0.717, 1.165) is 56.4 Å². The van der Waals surface area contributed by atoms with Gasteiger partial charge < -0.3 is 10.1 Å². The lowest BCUT2D eigenvalue weighted by Crippen LogP contribution is -1.99. The monoisotopic (exact) mass is 355 g/mol. The van der Waals surface area contributed by atoms with E-state index in [1.54, 1.807) is 18.3 Å². The number of methoxy groups -OCH3 is 1. The van der Waals surface area contributed by atoms with Crippen LogP contribution in [0.5, 0.6) is 5.75 Å². The quantitative estimate of drug-likeness (QED) is 0.307. The molecule has 144 valence electrons. The fourth-order valence-corrected chi connectivity index (χ4v) is 2.91. The Labute approximate surface area is 161 Å². The van der Waals surface area contributed by atoms with Gasteiger partial charge in [0.05, 0.1) is 7.11 Å². The second-order valence-corrected chi connectivity index (χ2v) is 6.68. The minimum absolute atomic E-state index is 0.889. The molecule has 0 fully saturated rings. The molecule has 1 aromatic carbocycles. The van der Waals surface area contributed by atoms with Crippen molar-refractivity contribution < 1.29 is 4.74 Å². The maximum absolute atomic E-state index is 5.22. The number of nitrogens with one attached hydrogen (secondary N) is 1. The summed E-state index contributed by atoms with van der Waals surface area (Å²) in [5.74, 6) is 0.889. The van der Waals surface area contributed by atoms with E-state index < -0.39 is 0 Å². The van der Waals surface area contributed by atoms with Crippen LogP contribution in [-0.4, -0.2) is 7.11 Å². The van der Waals surface area contributed by atoms with Gasteiger partial charge in [-0.1, -0.05) is 56.6 Å². The Hall–Kier alpha value is -1.96. The molecule has 1 rings (SSSR count). The summed E-state index contributed by atoms with van der Waals surface area (Å²) < 4.78 is 5.22. The third-order valence-electron chi connectivity index (χ3n) is 4.73. The highest BCUT2D eigenvalue weighted by Gasteiger charge is 1.99. The van der Waals surface area contributed by atoms with Crippen LogP contribution >= 0.6 is 0 Å². The standard InChI is InChI=1S/C24H37NO/c1-6-13-22(25-23-16-18-24(26-5)19-17-23)15-12-10-9-11-14-21(8-3)20(4)7-2/h9,11,15-19,25H,6-8,10,12-14H2,1-5H3/b11-9+,21-20+,22-15+. The molecule has 0 aliphatic rings. The summed E-state index contributed by atoms with van der Waals surface area (Å²) in [7, 11) is 1.70. The molecular weight excluding hydrogens is 318 g/mol. The Bertz CT molecular complexity index is 593. The predicted molar refractivity (Wildman–Crippen MR) is 116 cm³/mol. The lowest BCUT2D eigenvalue weighted by Gasteiger charge is -2.11. The second-order valence-electron chi connectivity index (χ2n) is 6.68. The summed E-state index contributed by atoms with van der Waals surface area (Å²) in [5.41, 5.74) is 5.56. The molecule has 0 amide bonds. The van der Waals surface area contributed by atoms with E-state index >= 15 is 0 Å². The Morgan fingerprint density at radius 3 is 2.31 bits per heavy atom. The molecule has 0 saturated carbocycles. The average molecular weight is 356 g/mol. The van der Waals surface area contributed by atoms with E-state index in [9.17, 15) is 0 Å². The van der Waals surface area contributed by atoms with Gasteiger partial charge in [-0.2, -0.15) is 0 Å². The van der Waals surface area contributed by atoms with Crippen LogP contribution in [0.2, 0.25) is 0 Å². The zero-order valence-corrected chi connectivity index (χ0v) is 17.4. The van der Waals surface area contributed by atoms with Gasteiger partial charge in [0.15, 0.2) is 0 Å². The fourth-order valence-electron chi connectivity index (χ4n) is 2.91. The Kier molecular flexibility index (Phi) is 11.3. The van der Waals surface area contributed by atoms with E-state index in [1.807, 2.05) is 12.1 Å². The van der Waals surface area contributed by atoms with Gasteiger partial charge in [0.2, 0.25) is 0 Å². The maximum atomic E-state index is 5.22. The van der Waals surface area contributed by atoms with Crippen molar-refractivity contribution in [3.8, 4) is 5.75 Å². The smallest absolute Gasteiger partial charge is 0.119 e. The molecule has 0 heterocycles. The third-order valence-corrected chi connectivity index (χ3v) is 4.73. The van der Waals surface area contributed by atoms with Crippen LogP contribution in [0, 0.1) is 0 Å². The molecule has 2 nitrogen and oxygen atoms in total. The third kappa shape index (κ3) is 8.42. The van der Waals surface area contributed by atoms with Crippen LogP contribution < -0.4 is 10.1 Å². The molecule has 0 aliphatic carbocycles. The molecule has 0 aliphatic heterocycles. The molecule has 1 N–H and O–H groups in total. The van der Waals surface area contributed by atoms with Gasteiger partial charge in [-0.3, -0.25) is 0 Å². The van der Waals surface area contributed by atoms with E-state index in [0.29, 0.717) is 0 Å². The van der Waals surface area contributed by atoms with Gasteiger partial charge in [-0.05, 0) is 69.7 Å². The first kappa shape index (κ1) is 22.1. The number of unbranched alkanes of at least 4 members (excludes halogenated alkanes) is 1. The minimum Gasteiger partial charge on any atom is -0.497 e. The Balaban J connectivity index is 2.51. The second kappa shape index (κ2) is 13.3. The number of hydrogen-bond donors (Lipinski definition) is 1. The first-order valence-electron chi connectivity index (χ1n) is 10.1. The number of allylic oxidation sites excluding steroid dienone is 6. The van der Waals surface area contributed by atoms with Crippen molar-refractivity contribution in [3.63, 3.8) is 0 Å². The van der Waals surface area contributed by atoms with Gasteiger partial charge in [0.1, 0.15) is 5.75 Å². The van der Waals surface area contributed by atoms with Crippen molar-refractivity contribution in [2.75, 3.05) is 12.4 Å². The molecule has 0 spiro atoms. The maximum Gasteiger partial charge on any atom is 0.119 e. The average Bonchev–Trinajstić information content (AvgIpc) is 2.67. The van der Waals surface area contributed by atoms with Crippen molar-refractivity contribution in [3.05, 3.63) is 59.3 Å². The van der Waals surface area contributed by atoms with Gasteiger partial charge in [-0.15, -0.1) is 0 Å². The van der Waals surface area contributed by atoms with Crippen LogP contribution in [0.1, 0.15) is 72.6 Å². The van der Waals surface area contributed by atoms with Crippen LogP contribution in [0.15, 0.2) is 59.3 Å². The predicted octanol–water partition coefficient (Wildman–Crippen LogP) is 7.65. The Morgan fingerprint density at radius 1 is 1.00 bits per heavy atom. The highest BCUT2D eigenvalue weighted by molar-refractivity contribution is 5.50. The number of benzene rings is 1. The molecule has 1 aromatic rings. The first-order chi connectivity index (χ1) is 12.6. The van der Waals surface area contributed by atoms with Crippen molar-refractivity contribution in [2.45, 2.75) is 72.6 Å². The highest BCUT2D eigenvalue weighted by atomic mass is 16.5. The number of hydrogen-bond acceptors (Lipinski definition) is 2. The summed E-state index contributed by atoms with van der Waals surface area (Å²) in [4.78, 5) is 0. The largest absolute Gasteiger partial charge is 0.497 e. The summed E-state index contributed by atoms with van der Waals surface area (Å²) in [5, 5.41) is 3.55. The van der Waals surface area contributed by atoms with Crippen molar-refractivity contribution in [1.29, 1.82) is 0 Å². The zero-order chi connectivity index (χ0) is 19.2. The van der Waals surface area contributed by atoms with Crippen LogP contribution in [0.3, 0.4) is 0 Å². The molecule has 2 heteroatoms. The van der Waals surface area contributed by atoms with E-state index in [1.165, 1.54) is 5.70 Å². The molecular formula is C24H37NO.